The van der Waals surface area contributed by atoms with Crippen molar-refractivity contribution < 1.29 is 9.59 Å². The van der Waals surface area contributed by atoms with Gasteiger partial charge in [-0.05, 0) is 220 Å². The number of rotatable bonds is 27. The summed E-state index contributed by atoms with van der Waals surface area (Å²) in [6.07, 6.45) is 12.6. The lowest BCUT2D eigenvalue weighted by Gasteiger charge is -2.33. The fourth-order valence-corrected chi connectivity index (χ4v) is 15.9. The topological polar surface area (TPSA) is 40.6 Å². The first-order valence-electron chi connectivity index (χ1n) is 35.9. The van der Waals surface area contributed by atoms with Crippen LogP contribution in [0.25, 0.3) is 55.6 Å². The van der Waals surface area contributed by atoms with Crippen LogP contribution in [-0.2, 0) is 33.3 Å². The zero-order valence-electron chi connectivity index (χ0n) is 57.3. The Bertz CT molecular complexity index is 4660. The molecule has 0 spiro atoms. The molecule has 0 fully saturated rings. The summed E-state index contributed by atoms with van der Waals surface area (Å²) >= 11 is 0. The molecule has 0 unspecified atom stereocenters. The Morgan fingerprint density at radius 2 is 0.582 bits per heavy atom. The summed E-state index contributed by atoms with van der Waals surface area (Å²) in [7, 11) is 0. The van der Waals surface area contributed by atoms with Crippen LogP contribution in [0.5, 0.6) is 0 Å². The standard InChI is InChI=1S/C94H88N2O2/c1-5-7-9-11-25-35-91(97)94(92(98)36-26-12-10-8-6-2)89-63-75(72-42-53-80(54-43-72)95(77-31-21-15-22-32-77)79-49-37-67(3)38-50-79)47-59-85(89)86-60-48-76(64-90(86)94)73-44-55-82(56-45-73)96(78-33-23-16-24-34-78)81-51-40-71(41-52-81)74-46-58-84-83-57-39-68(4)61-87(83)93(88(84)62-74,65-69-27-17-13-18-28-69)66-70-29-19-14-20-30-70/h13-24,27-34,37-64H,5-12,25-26,35-36,65-66H2,1-4H3. The minimum absolute atomic E-state index is 0.0183. The van der Waals surface area contributed by atoms with Gasteiger partial charge < -0.3 is 9.80 Å². The average Bonchev–Trinajstić information content (AvgIpc) is 1.57. The van der Waals surface area contributed by atoms with Gasteiger partial charge in [0.25, 0.3) is 0 Å². The Morgan fingerprint density at radius 3 is 0.969 bits per heavy atom. The summed E-state index contributed by atoms with van der Waals surface area (Å²) in [5, 5.41) is 0. The van der Waals surface area contributed by atoms with E-state index in [9.17, 15) is 0 Å². The highest BCUT2D eigenvalue weighted by Gasteiger charge is 2.54. The third-order valence-electron chi connectivity index (χ3n) is 20.9. The highest BCUT2D eigenvalue weighted by atomic mass is 16.2. The van der Waals surface area contributed by atoms with Gasteiger partial charge in [-0.25, -0.2) is 0 Å². The molecule has 14 rings (SSSR count). The van der Waals surface area contributed by atoms with Gasteiger partial charge in [0.1, 0.15) is 5.41 Å². The van der Waals surface area contributed by atoms with Gasteiger partial charge in [-0.2, -0.15) is 0 Å². The quantitative estimate of drug-likeness (QED) is 0.0380. The van der Waals surface area contributed by atoms with E-state index in [1.807, 2.05) is 0 Å². The van der Waals surface area contributed by atoms with Gasteiger partial charge in [0.15, 0.2) is 11.6 Å². The van der Waals surface area contributed by atoms with Crippen LogP contribution in [0.1, 0.15) is 135 Å². The summed E-state index contributed by atoms with van der Waals surface area (Å²) in [6.45, 7) is 8.79. The Balaban J connectivity index is 0.810. The van der Waals surface area contributed by atoms with E-state index in [-0.39, 0.29) is 17.0 Å². The molecule has 4 heteroatoms. The molecular weight excluding hydrogens is 1190 g/mol. The van der Waals surface area contributed by atoms with Crippen LogP contribution in [-0.4, -0.2) is 11.6 Å². The average molecular weight is 1280 g/mol. The molecule has 0 amide bonds. The number of unbranched alkanes of at least 4 members (excludes halogenated alkanes) is 8. The van der Waals surface area contributed by atoms with E-state index in [0.717, 1.165) is 161 Å². The maximum Gasteiger partial charge on any atom is 0.155 e. The fraction of sp³-hybridized carbons (Fsp3) is 0.213. The van der Waals surface area contributed by atoms with E-state index >= 15 is 9.59 Å². The van der Waals surface area contributed by atoms with Crippen molar-refractivity contribution in [1.29, 1.82) is 0 Å². The fourth-order valence-electron chi connectivity index (χ4n) is 15.9. The second-order valence-electron chi connectivity index (χ2n) is 27.5. The van der Waals surface area contributed by atoms with Gasteiger partial charge in [-0.1, -0.05) is 277 Å². The highest BCUT2D eigenvalue weighted by Crippen LogP contribution is 2.56. The number of anilines is 6. The minimum Gasteiger partial charge on any atom is -0.311 e. The van der Waals surface area contributed by atoms with Crippen LogP contribution in [0.3, 0.4) is 0 Å². The number of carbonyl (C=O) groups excluding carboxylic acids is 2. The van der Waals surface area contributed by atoms with Crippen LogP contribution in [0, 0.1) is 13.8 Å². The molecule has 4 nitrogen and oxygen atoms in total. The molecule has 0 aromatic heterocycles. The molecule has 12 aromatic rings. The molecule has 0 heterocycles. The number of hydrogen-bond acceptors (Lipinski definition) is 4. The van der Waals surface area contributed by atoms with Crippen LogP contribution >= 0.6 is 0 Å². The van der Waals surface area contributed by atoms with E-state index in [2.05, 4.69) is 329 Å². The van der Waals surface area contributed by atoms with E-state index in [1.54, 1.807) is 0 Å². The van der Waals surface area contributed by atoms with Crippen molar-refractivity contribution in [2.45, 2.75) is 128 Å². The van der Waals surface area contributed by atoms with Crippen molar-refractivity contribution in [2.75, 3.05) is 9.80 Å². The van der Waals surface area contributed by atoms with Crippen LogP contribution in [0.15, 0.2) is 291 Å². The number of benzene rings is 12. The molecule has 98 heavy (non-hydrogen) atoms. The normalized spacial score (nSPS) is 12.9. The lowest BCUT2D eigenvalue weighted by molar-refractivity contribution is -0.133. The molecular formula is C94H88N2O2. The second kappa shape index (κ2) is 29.1. The third-order valence-corrected chi connectivity index (χ3v) is 20.9. The molecule has 486 valence electrons. The molecule has 0 radical (unpaired) electrons. The van der Waals surface area contributed by atoms with Crippen molar-refractivity contribution in [3.8, 4) is 55.6 Å². The van der Waals surface area contributed by atoms with E-state index in [0.29, 0.717) is 12.8 Å². The molecule has 2 aliphatic rings. The first-order valence-corrected chi connectivity index (χ1v) is 35.9. The molecule has 0 bridgehead atoms. The monoisotopic (exact) mass is 1280 g/mol. The first kappa shape index (κ1) is 64.9. The Labute approximate surface area is 581 Å². The first-order chi connectivity index (χ1) is 48.1. The lowest BCUT2D eigenvalue weighted by Crippen LogP contribution is -2.43. The van der Waals surface area contributed by atoms with Crippen LogP contribution < -0.4 is 9.80 Å². The highest BCUT2D eigenvalue weighted by molar-refractivity contribution is 6.20. The van der Waals surface area contributed by atoms with Crippen molar-refractivity contribution in [3.05, 3.63) is 336 Å². The Kier molecular flexibility index (Phi) is 19.3. The summed E-state index contributed by atoms with van der Waals surface area (Å²) in [5.74, 6) is 0.0365. The number of nitrogens with zero attached hydrogens (tertiary/aromatic N) is 2. The van der Waals surface area contributed by atoms with Gasteiger partial charge in [-0.3, -0.25) is 9.59 Å². The summed E-state index contributed by atoms with van der Waals surface area (Å²) in [6, 6.07) is 106. The van der Waals surface area contributed by atoms with Gasteiger partial charge in [0.2, 0.25) is 0 Å². The number of carbonyl (C=O) groups is 2. The summed E-state index contributed by atoms with van der Waals surface area (Å²) in [4.78, 5) is 36.4. The van der Waals surface area contributed by atoms with Gasteiger partial charge >= 0.3 is 0 Å². The third kappa shape index (κ3) is 12.9. The molecule has 0 aliphatic heterocycles. The Hall–Kier alpha value is -10.4. The number of hydrogen-bond donors (Lipinski definition) is 0. The zero-order chi connectivity index (χ0) is 67.0. The van der Waals surface area contributed by atoms with Gasteiger partial charge in [0.05, 0.1) is 0 Å². The Morgan fingerprint density at radius 1 is 0.286 bits per heavy atom. The molecule has 0 saturated carbocycles. The molecule has 2 aliphatic carbocycles. The largest absolute Gasteiger partial charge is 0.311 e. The van der Waals surface area contributed by atoms with Crippen molar-refractivity contribution >= 4 is 45.7 Å². The van der Waals surface area contributed by atoms with E-state index < -0.39 is 5.41 Å². The molecule has 0 saturated heterocycles. The summed E-state index contributed by atoms with van der Waals surface area (Å²) in [5.41, 5.74) is 25.1. The number of para-hydroxylation sites is 2. The lowest BCUT2D eigenvalue weighted by atomic mass is 9.68. The molecule has 12 aromatic carbocycles. The molecule has 0 atom stereocenters. The van der Waals surface area contributed by atoms with E-state index in [1.165, 1.54) is 50.1 Å². The van der Waals surface area contributed by atoms with Gasteiger partial charge in [-0.15, -0.1) is 0 Å². The number of fused-ring (bicyclic) bond motifs is 6. The minimum atomic E-state index is -1.45. The van der Waals surface area contributed by atoms with Gasteiger partial charge in [0, 0.05) is 52.4 Å². The maximum absolute atomic E-state index is 15.9. The van der Waals surface area contributed by atoms with Crippen molar-refractivity contribution in [2.24, 2.45) is 0 Å². The smallest absolute Gasteiger partial charge is 0.155 e. The van der Waals surface area contributed by atoms with Crippen molar-refractivity contribution in [3.63, 3.8) is 0 Å². The second-order valence-corrected chi connectivity index (χ2v) is 27.5. The number of aryl methyl sites for hydroxylation is 2. The summed E-state index contributed by atoms with van der Waals surface area (Å²) < 4.78 is 0. The van der Waals surface area contributed by atoms with Crippen LogP contribution in [0.4, 0.5) is 34.1 Å². The predicted molar refractivity (Wildman–Crippen MR) is 411 cm³/mol. The number of Topliss-reactive ketones (excluding diaryl/α,β-unsaturated/α-hetero) is 2. The van der Waals surface area contributed by atoms with Crippen LogP contribution in [0.2, 0.25) is 0 Å². The number of ketones is 2. The molecule has 0 N–H and O–H groups in total. The van der Waals surface area contributed by atoms with Crippen molar-refractivity contribution in [1.82, 2.24) is 0 Å². The van der Waals surface area contributed by atoms with E-state index in [4.69, 9.17) is 0 Å². The zero-order valence-corrected chi connectivity index (χ0v) is 57.3. The SMILES string of the molecule is CCCCCCCC(=O)C1(C(=O)CCCCCCC)c2cc(-c3ccc(N(c4ccccc4)c4ccc(C)cc4)cc3)ccc2-c2ccc(-c3ccc(N(c4ccccc4)c4ccc(-c5ccc6c(c5)C(Cc5ccccc5)(Cc5ccccc5)c5cc(C)ccc5-6)cc4)cc3)cc21. The predicted octanol–water partition coefficient (Wildman–Crippen LogP) is 25.1. The maximum atomic E-state index is 15.9.